The Morgan fingerprint density at radius 1 is 1.31 bits per heavy atom. The van der Waals surface area contributed by atoms with E-state index in [1.165, 1.54) is 11.3 Å². The van der Waals surface area contributed by atoms with Crippen molar-refractivity contribution in [2.75, 3.05) is 6.54 Å². The maximum Gasteiger partial charge on any atom is 0.191 e. The molecule has 0 spiro atoms. The molecule has 0 amide bonds. The SMILES string of the molecule is CCNC(=NCc1cn2ccccc2n1)NC1CCc2cn(C(C)C)nc2C1.I. The van der Waals surface area contributed by atoms with E-state index in [0.717, 1.165) is 43.1 Å². The highest BCUT2D eigenvalue weighted by Crippen LogP contribution is 2.21. The van der Waals surface area contributed by atoms with Crippen molar-refractivity contribution >= 4 is 35.6 Å². The van der Waals surface area contributed by atoms with Crippen molar-refractivity contribution in [2.24, 2.45) is 4.99 Å². The predicted octanol–water partition coefficient (Wildman–Crippen LogP) is 3.34. The number of nitrogens with one attached hydrogen (secondary N) is 2. The molecule has 0 bridgehead atoms. The van der Waals surface area contributed by atoms with Crippen LogP contribution in [-0.2, 0) is 19.4 Å². The van der Waals surface area contributed by atoms with Gasteiger partial charge < -0.3 is 15.0 Å². The van der Waals surface area contributed by atoms with Gasteiger partial charge in [0.2, 0.25) is 0 Å². The van der Waals surface area contributed by atoms with Crippen LogP contribution in [0.2, 0.25) is 0 Å². The number of hydrogen-bond donors (Lipinski definition) is 2. The van der Waals surface area contributed by atoms with Crippen LogP contribution in [-0.4, -0.2) is 37.7 Å². The van der Waals surface area contributed by atoms with Gasteiger partial charge in [0.15, 0.2) is 5.96 Å². The van der Waals surface area contributed by atoms with E-state index in [0.29, 0.717) is 18.6 Å². The molecule has 3 heterocycles. The Morgan fingerprint density at radius 3 is 2.93 bits per heavy atom. The van der Waals surface area contributed by atoms with E-state index in [4.69, 9.17) is 10.1 Å². The molecule has 0 saturated heterocycles. The van der Waals surface area contributed by atoms with Crippen molar-refractivity contribution in [1.29, 1.82) is 0 Å². The zero-order valence-corrected chi connectivity index (χ0v) is 19.6. The molecule has 7 nitrogen and oxygen atoms in total. The largest absolute Gasteiger partial charge is 0.357 e. The first-order chi connectivity index (χ1) is 13.6. The van der Waals surface area contributed by atoms with Crippen molar-refractivity contribution in [1.82, 2.24) is 29.8 Å². The van der Waals surface area contributed by atoms with Crippen LogP contribution >= 0.6 is 24.0 Å². The van der Waals surface area contributed by atoms with Crippen LogP contribution < -0.4 is 10.6 Å². The van der Waals surface area contributed by atoms with Crippen molar-refractivity contribution in [3.63, 3.8) is 0 Å². The van der Waals surface area contributed by atoms with Crippen molar-refractivity contribution < 1.29 is 0 Å². The molecule has 156 valence electrons. The average Bonchev–Trinajstić information content (AvgIpc) is 3.29. The second-order valence-electron chi connectivity index (χ2n) is 7.65. The number of aromatic nitrogens is 4. The molecule has 2 N–H and O–H groups in total. The Hall–Kier alpha value is -2.10. The van der Waals surface area contributed by atoms with Crippen LogP contribution in [0, 0.1) is 0 Å². The monoisotopic (exact) mass is 507 g/mol. The highest BCUT2D eigenvalue weighted by atomic mass is 127. The van der Waals surface area contributed by atoms with Crippen LogP contribution in [0.25, 0.3) is 5.65 Å². The van der Waals surface area contributed by atoms with Crippen molar-refractivity contribution in [3.05, 3.63) is 53.7 Å². The third-order valence-corrected chi connectivity index (χ3v) is 5.12. The van der Waals surface area contributed by atoms with Gasteiger partial charge in [-0.15, -0.1) is 24.0 Å². The van der Waals surface area contributed by atoms with Gasteiger partial charge in [0.05, 0.1) is 17.9 Å². The smallest absolute Gasteiger partial charge is 0.191 e. The maximum absolute atomic E-state index is 4.78. The molecule has 29 heavy (non-hydrogen) atoms. The Balaban J connectivity index is 0.00000240. The van der Waals surface area contributed by atoms with E-state index in [2.05, 4.69) is 47.3 Å². The van der Waals surface area contributed by atoms with Crippen LogP contribution in [0.3, 0.4) is 0 Å². The summed E-state index contributed by atoms with van der Waals surface area (Å²) in [6, 6.07) is 6.76. The molecule has 1 atom stereocenters. The van der Waals surface area contributed by atoms with Gasteiger partial charge in [-0.1, -0.05) is 6.07 Å². The molecule has 0 aliphatic heterocycles. The van der Waals surface area contributed by atoms with Gasteiger partial charge in [0, 0.05) is 43.6 Å². The quantitative estimate of drug-likeness (QED) is 0.316. The van der Waals surface area contributed by atoms with E-state index in [1.54, 1.807) is 0 Å². The van der Waals surface area contributed by atoms with E-state index in [-0.39, 0.29) is 24.0 Å². The van der Waals surface area contributed by atoms with Gasteiger partial charge >= 0.3 is 0 Å². The fourth-order valence-corrected chi connectivity index (χ4v) is 3.64. The molecule has 1 aliphatic rings. The number of rotatable bonds is 5. The molecule has 3 aromatic rings. The zero-order valence-electron chi connectivity index (χ0n) is 17.3. The molecule has 4 rings (SSSR count). The number of pyridine rings is 1. The first kappa shape index (κ1) is 21.6. The summed E-state index contributed by atoms with van der Waals surface area (Å²) in [6.45, 7) is 7.81. The molecule has 3 aromatic heterocycles. The lowest BCUT2D eigenvalue weighted by atomic mass is 9.94. The van der Waals surface area contributed by atoms with Gasteiger partial charge in [0.25, 0.3) is 0 Å². The molecule has 1 aliphatic carbocycles. The van der Waals surface area contributed by atoms with E-state index < -0.39 is 0 Å². The minimum absolute atomic E-state index is 0. The lowest BCUT2D eigenvalue weighted by Crippen LogP contribution is -2.45. The summed E-state index contributed by atoms with van der Waals surface area (Å²) in [5, 5.41) is 11.7. The zero-order chi connectivity index (χ0) is 19.5. The van der Waals surface area contributed by atoms with Gasteiger partial charge in [0.1, 0.15) is 5.65 Å². The minimum atomic E-state index is 0. The van der Waals surface area contributed by atoms with Crippen LogP contribution in [0.1, 0.15) is 50.2 Å². The normalized spacial score (nSPS) is 16.6. The van der Waals surface area contributed by atoms with Gasteiger partial charge in [-0.3, -0.25) is 4.68 Å². The van der Waals surface area contributed by atoms with Crippen molar-refractivity contribution in [2.45, 2.75) is 58.7 Å². The van der Waals surface area contributed by atoms with E-state index in [9.17, 15) is 0 Å². The van der Waals surface area contributed by atoms with Gasteiger partial charge in [-0.2, -0.15) is 5.10 Å². The molecule has 1 unspecified atom stereocenters. The Labute approximate surface area is 189 Å². The van der Waals surface area contributed by atoms with Crippen LogP contribution in [0.5, 0.6) is 0 Å². The highest BCUT2D eigenvalue weighted by molar-refractivity contribution is 14.0. The minimum Gasteiger partial charge on any atom is -0.357 e. The molecular weight excluding hydrogens is 477 g/mol. The number of aliphatic imine (C=N–C) groups is 1. The number of halogens is 1. The number of nitrogens with zero attached hydrogens (tertiary/aromatic N) is 5. The summed E-state index contributed by atoms with van der Waals surface area (Å²) in [5.74, 6) is 0.844. The molecular formula is C21H30IN7. The summed E-state index contributed by atoms with van der Waals surface area (Å²) < 4.78 is 4.11. The van der Waals surface area contributed by atoms with Crippen molar-refractivity contribution in [3.8, 4) is 0 Å². The molecule has 0 saturated carbocycles. The summed E-state index contributed by atoms with van der Waals surface area (Å²) in [7, 11) is 0. The third-order valence-electron chi connectivity index (χ3n) is 5.12. The highest BCUT2D eigenvalue weighted by Gasteiger charge is 2.23. The first-order valence-corrected chi connectivity index (χ1v) is 10.2. The average molecular weight is 507 g/mol. The number of hydrogen-bond acceptors (Lipinski definition) is 3. The van der Waals surface area contributed by atoms with Crippen LogP contribution in [0.4, 0.5) is 0 Å². The lowest BCUT2D eigenvalue weighted by Gasteiger charge is -2.24. The molecule has 0 aromatic carbocycles. The van der Waals surface area contributed by atoms with Gasteiger partial charge in [-0.05, 0) is 51.3 Å². The Kier molecular flexibility index (Phi) is 7.15. The number of fused-ring (bicyclic) bond motifs is 2. The fraction of sp³-hybridized carbons (Fsp3) is 0.476. The second-order valence-corrected chi connectivity index (χ2v) is 7.65. The van der Waals surface area contributed by atoms with Crippen LogP contribution in [0.15, 0.2) is 41.8 Å². The molecule has 0 fully saturated rings. The second kappa shape index (κ2) is 9.60. The summed E-state index contributed by atoms with van der Waals surface area (Å²) in [6.07, 6.45) is 9.34. The standard InChI is InChI=1S/C21H29N7.HI/c1-4-22-21(23-12-18-14-27-10-6-5-7-20(27)24-18)25-17-9-8-16-13-28(15(2)3)26-19(16)11-17;/h5-7,10,13-15,17H,4,8-9,11-12H2,1-3H3,(H2,22,23,25);1H. The van der Waals surface area contributed by atoms with E-state index in [1.807, 2.05) is 35.0 Å². The summed E-state index contributed by atoms with van der Waals surface area (Å²) in [4.78, 5) is 9.38. The van der Waals surface area contributed by atoms with Gasteiger partial charge in [-0.25, -0.2) is 9.98 Å². The van der Waals surface area contributed by atoms with E-state index >= 15 is 0 Å². The molecule has 8 heteroatoms. The Morgan fingerprint density at radius 2 is 2.17 bits per heavy atom. The number of aryl methyl sites for hydroxylation is 1. The topological polar surface area (TPSA) is 71.5 Å². The molecule has 0 radical (unpaired) electrons. The summed E-state index contributed by atoms with van der Waals surface area (Å²) in [5.41, 5.74) is 4.52. The Bertz CT molecular complexity index is 939. The number of guanidine groups is 1. The lowest BCUT2D eigenvalue weighted by molar-refractivity contribution is 0.499. The maximum atomic E-state index is 4.78. The predicted molar refractivity (Wildman–Crippen MR) is 127 cm³/mol. The first-order valence-electron chi connectivity index (χ1n) is 10.2. The third kappa shape index (κ3) is 5.09. The fourth-order valence-electron chi connectivity index (χ4n) is 3.64. The number of imidazole rings is 1. The summed E-state index contributed by atoms with van der Waals surface area (Å²) >= 11 is 0.